The Bertz CT molecular complexity index is 393. The highest BCUT2D eigenvalue weighted by Crippen LogP contribution is 2.21. The van der Waals surface area contributed by atoms with E-state index in [1.165, 1.54) is 25.4 Å². The number of fused-ring (bicyclic) bond motifs is 1. The normalized spacial score (nSPS) is 16.8. The first kappa shape index (κ1) is 9.79. The standard InChI is InChI=1S/C10H10N2O3/c1-6(13)5-12-9(14)7-2-3-11-4-8(7)10(12)15/h2-4,6,13H,5H2,1H3. The molecular formula is C10H10N2O3. The molecule has 1 aromatic rings. The number of hydrogen-bond donors (Lipinski definition) is 1. The van der Waals surface area contributed by atoms with Crippen LogP contribution in [0.1, 0.15) is 27.6 Å². The van der Waals surface area contributed by atoms with E-state index < -0.39 is 6.10 Å². The van der Waals surface area contributed by atoms with Gasteiger partial charge in [0.1, 0.15) is 0 Å². The van der Waals surface area contributed by atoms with Crippen molar-refractivity contribution < 1.29 is 14.7 Å². The van der Waals surface area contributed by atoms with Gasteiger partial charge in [0.05, 0.1) is 23.8 Å². The van der Waals surface area contributed by atoms with Crippen LogP contribution in [0.4, 0.5) is 0 Å². The minimum Gasteiger partial charge on any atom is -0.392 e. The molecule has 1 aromatic heterocycles. The summed E-state index contributed by atoms with van der Waals surface area (Å²) in [5, 5.41) is 9.17. The lowest BCUT2D eigenvalue weighted by Gasteiger charge is -2.14. The summed E-state index contributed by atoms with van der Waals surface area (Å²) >= 11 is 0. The van der Waals surface area contributed by atoms with Crippen molar-refractivity contribution in [1.29, 1.82) is 0 Å². The maximum absolute atomic E-state index is 11.7. The summed E-state index contributed by atoms with van der Waals surface area (Å²) in [6.07, 6.45) is 2.12. The number of β-amino-alcohol motifs (C(OH)–C–C–N with tert-alkyl or cyclic N) is 1. The number of imide groups is 1. The number of nitrogens with zero attached hydrogens (tertiary/aromatic N) is 2. The van der Waals surface area contributed by atoms with Crippen LogP contribution in [0.5, 0.6) is 0 Å². The van der Waals surface area contributed by atoms with Gasteiger partial charge in [0.2, 0.25) is 0 Å². The van der Waals surface area contributed by atoms with E-state index in [-0.39, 0.29) is 18.4 Å². The molecule has 0 saturated heterocycles. The van der Waals surface area contributed by atoms with Crippen LogP contribution in [-0.4, -0.2) is 39.5 Å². The number of pyridine rings is 1. The first-order chi connectivity index (χ1) is 7.11. The van der Waals surface area contributed by atoms with Gasteiger partial charge in [-0.25, -0.2) is 0 Å². The predicted octanol–water partition coefficient (Wildman–Crippen LogP) is 0.0584. The molecule has 1 unspecified atom stereocenters. The third-order valence-corrected chi connectivity index (χ3v) is 2.22. The van der Waals surface area contributed by atoms with Gasteiger partial charge in [0.15, 0.2) is 0 Å². The molecule has 5 heteroatoms. The molecule has 1 atom stereocenters. The third-order valence-electron chi connectivity index (χ3n) is 2.22. The number of aromatic nitrogens is 1. The second kappa shape index (κ2) is 3.43. The lowest BCUT2D eigenvalue weighted by molar-refractivity contribution is 0.0563. The van der Waals surface area contributed by atoms with Crippen LogP contribution in [0.2, 0.25) is 0 Å². The smallest absolute Gasteiger partial charge is 0.263 e. The summed E-state index contributed by atoms with van der Waals surface area (Å²) < 4.78 is 0. The number of carbonyl (C=O) groups is 2. The summed E-state index contributed by atoms with van der Waals surface area (Å²) in [4.78, 5) is 28.2. The number of amides is 2. The Morgan fingerprint density at radius 3 is 2.67 bits per heavy atom. The van der Waals surface area contributed by atoms with Crippen LogP contribution >= 0.6 is 0 Å². The van der Waals surface area contributed by atoms with Gasteiger partial charge in [-0.15, -0.1) is 0 Å². The van der Waals surface area contributed by atoms with Crippen LogP contribution in [0.15, 0.2) is 18.5 Å². The van der Waals surface area contributed by atoms with Gasteiger partial charge < -0.3 is 5.11 Å². The first-order valence-corrected chi connectivity index (χ1v) is 4.59. The average Bonchev–Trinajstić information content (AvgIpc) is 2.44. The molecule has 0 aliphatic carbocycles. The summed E-state index contributed by atoms with van der Waals surface area (Å²) in [5.74, 6) is -0.748. The van der Waals surface area contributed by atoms with Crippen LogP contribution < -0.4 is 0 Å². The lowest BCUT2D eigenvalue weighted by Crippen LogP contribution is -2.35. The molecule has 0 bridgehead atoms. The summed E-state index contributed by atoms with van der Waals surface area (Å²) in [5.41, 5.74) is 0.666. The second-order valence-electron chi connectivity index (χ2n) is 3.49. The van der Waals surface area contributed by atoms with Crippen molar-refractivity contribution in [2.75, 3.05) is 6.54 Å². The van der Waals surface area contributed by atoms with Crippen molar-refractivity contribution in [1.82, 2.24) is 9.88 Å². The van der Waals surface area contributed by atoms with E-state index in [0.29, 0.717) is 11.1 Å². The molecule has 0 saturated carbocycles. The fourth-order valence-electron chi connectivity index (χ4n) is 1.56. The van der Waals surface area contributed by atoms with E-state index in [2.05, 4.69) is 4.98 Å². The lowest BCUT2D eigenvalue weighted by atomic mass is 10.2. The average molecular weight is 206 g/mol. The van der Waals surface area contributed by atoms with Gasteiger partial charge in [-0.05, 0) is 13.0 Å². The summed E-state index contributed by atoms with van der Waals surface area (Å²) in [7, 11) is 0. The van der Waals surface area contributed by atoms with Crippen LogP contribution in [-0.2, 0) is 0 Å². The van der Waals surface area contributed by atoms with E-state index >= 15 is 0 Å². The van der Waals surface area contributed by atoms with Crippen molar-refractivity contribution in [3.63, 3.8) is 0 Å². The molecule has 1 N–H and O–H groups in total. The van der Waals surface area contributed by atoms with Crippen molar-refractivity contribution >= 4 is 11.8 Å². The van der Waals surface area contributed by atoms with E-state index in [1.807, 2.05) is 0 Å². The number of hydrogen-bond acceptors (Lipinski definition) is 4. The van der Waals surface area contributed by atoms with Crippen LogP contribution in [0, 0.1) is 0 Å². The molecule has 1 aliphatic heterocycles. The minimum absolute atomic E-state index is 0.0202. The second-order valence-corrected chi connectivity index (χ2v) is 3.49. The number of aliphatic hydroxyl groups is 1. The fourth-order valence-corrected chi connectivity index (χ4v) is 1.56. The molecule has 0 aromatic carbocycles. The Kier molecular flexibility index (Phi) is 2.24. The van der Waals surface area contributed by atoms with E-state index in [1.54, 1.807) is 0 Å². The van der Waals surface area contributed by atoms with Gasteiger partial charge in [-0.3, -0.25) is 19.5 Å². The topological polar surface area (TPSA) is 70.5 Å². The maximum atomic E-state index is 11.7. The largest absolute Gasteiger partial charge is 0.392 e. The molecule has 5 nitrogen and oxygen atoms in total. The zero-order valence-corrected chi connectivity index (χ0v) is 8.17. The molecule has 0 spiro atoms. The van der Waals surface area contributed by atoms with Crippen LogP contribution in [0.3, 0.4) is 0 Å². The van der Waals surface area contributed by atoms with Crippen molar-refractivity contribution in [2.45, 2.75) is 13.0 Å². The summed E-state index contributed by atoms with van der Waals surface area (Å²) in [6.45, 7) is 1.55. The Balaban J connectivity index is 2.37. The third kappa shape index (κ3) is 1.50. The number of carbonyl (C=O) groups excluding carboxylic acids is 2. The zero-order valence-electron chi connectivity index (χ0n) is 8.17. The van der Waals surface area contributed by atoms with Crippen LogP contribution in [0.25, 0.3) is 0 Å². The van der Waals surface area contributed by atoms with Gasteiger partial charge in [-0.1, -0.05) is 0 Å². The molecular weight excluding hydrogens is 196 g/mol. The molecule has 2 rings (SSSR count). The van der Waals surface area contributed by atoms with Crippen molar-refractivity contribution in [3.05, 3.63) is 29.6 Å². The minimum atomic E-state index is -0.722. The molecule has 78 valence electrons. The highest BCUT2D eigenvalue weighted by atomic mass is 16.3. The fraction of sp³-hybridized carbons (Fsp3) is 0.300. The number of rotatable bonds is 2. The van der Waals surface area contributed by atoms with Crippen molar-refractivity contribution in [2.24, 2.45) is 0 Å². The van der Waals surface area contributed by atoms with Gasteiger partial charge in [-0.2, -0.15) is 0 Å². The Labute approximate surface area is 86.3 Å². The van der Waals surface area contributed by atoms with Gasteiger partial charge in [0, 0.05) is 12.4 Å². The van der Waals surface area contributed by atoms with E-state index in [4.69, 9.17) is 5.11 Å². The van der Waals surface area contributed by atoms with Gasteiger partial charge in [0.25, 0.3) is 11.8 Å². The molecule has 0 radical (unpaired) electrons. The quantitative estimate of drug-likeness (QED) is 0.694. The van der Waals surface area contributed by atoms with E-state index in [9.17, 15) is 9.59 Å². The SMILES string of the molecule is CC(O)CN1C(=O)c2ccncc2C1=O. The highest BCUT2D eigenvalue weighted by Gasteiger charge is 2.35. The summed E-state index contributed by atoms with van der Waals surface area (Å²) in [6, 6.07) is 1.51. The molecule has 2 heterocycles. The Morgan fingerprint density at radius 1 is 1.40 bits per heavy atom. The Morgan fingerprint density at radius 2 is 2.07 bits per heavy atom. The highest BCUT2D eigenvalue weighted by molar-refractivity contribution is 6.21. The monoisotopic (exact) mass is 206 g/mol. The van der Waals surface area contributed by atoms with Crippen molar-refractivity contribution in [3.8, 4) is 0 Å². The molecule has 1 aliphatic rings. The zero-order chi connectivity index (χ0) is 11.0. The number of aliphatic hydroxyl groups excluding tert-OH is 1. The van der Waals surface area contributed by atoms with E-state index in [0.717, 1.165) is 4.90 Å². The molecule has 15 heavy (non-hydrogen) atoms. The molecule has 0 fully saturated rings. The van der Waals surface area contributed by atoms with Gasteiger partial charge >= 0.3 is 0 Å². The predicted molar refractivity (Wildman–Crippen MR) is 51.3 cm³/mol. The maximum Gasteiger partial charge on any atom is 0.263 e. The first-order valence-electron chi connectivity index (χ1n) is 4.59. The Hall–Kier alpha value is -1.75. The molecule has 2 amide bonds.